The second kappa shape index (κ2) is 5.10. The average molecular weight is 253 g/mol. The molecule has 0 aliphatic carbocycles. The van der Waals surface area contributed by atoms with Gasteiger partial charge >= 0.3 is 0 Å². The Balaban J connectivity index is 2.11. The number of hydrogen-bond donors (Lipinski definition) is 0. The van der Waals surface area contributed by atoms with Crippen LogP contribution in [0.4, 0.5) is 4.39 Å². The molecule has 1 heterocycles. The van der Waals surface area contributed by atoms with E-state index < -0.39 is 0 Å². The Hall–Kier alpha value is -1.68. The Morgan fingerprint density at radius 3 is 2.71 bits per heavy atom. The summed E-state index contributed by atoms with van der Waals surface area (Å²) in [6.45, 7) is 0.496. The third-order valence-electron chi connectivity index (χ3n) is 2.33. The van der Waals surface area contributed by atoms with Crippen LogP contribution in [0.1, 0.15) is 15.9 Å². The van der Waals surface area contributed by atoms with Crippen LogP contribution in [0.15, 0.2) is 36.7 Å². The van der Waals surface area contributed by atoms with Crippen LogP contribution in [0.2, 0.25) is 0 Å². The van der Waals surface area contributed by atoms with Gasteiger partial charge in [0.15, 0.2) is 5.78 Å². The van der Waals surface area contributed by atoms with Gasteiger partial charge in [0, 0.05) is 6.20 Å². The molecule has 0 spiro atoms. The summed E-state index contributed by atoms with van der Waals surface area (Å²) in [5, 5.41) is 4.05. The van der Waals surface area contributed by atoms with Crippen LogP contribution in [0.5, 0.6) is 0 Å². The first-order valence-corrected chi connectivity index (χ1v) is 5.58. The SMILES string of the molecule is O=C(CCl)c1cnn(Cc2ccc(F)cc2)c1. The highest BCUT2D eigenvalue weighted by Gasteiger charge is 2.07. The molecule has 88 valence electrons. The summed E-state index contributed by atoms with van der Waals surface area (Å²) in [7, 11) is 0. The smallest absolute Gasteiger partial charge is 0.180 e. The zero-order valence-electron chi connectivity index (χ0n) is 8.94. The van der Waals surface area contributed by atoms with Crippen molar-refractivity contribution in [2.24, 2.45) is 0 Å². The fourth-order valence-corrected chi connectivity index (χ4v) is 1.60. The average Bonchev–Trinajstić information content (AvgIpc) is 2.80. The van der Waals surface area contributed by atoms with Crippen molar-refractivity contribution in [1.82, 2.24) is 9.78 Å². The predicted molar refractivity (Wildman–Crippen MR) is 62.8 cm³/mol. The molecule has 0 aliphatic rings. The Labute approximate surface area is 103 Å². The molecule has 0 aliphatic heterocycles. The molecule has 5 heteroatoms. The Morgan fingerprint density at radius 1 is 1.35 bits per heavy atom. The van der Waals surface area contributed by atoms with Gasteiger partial charge in [0.1, 0.15) is 5.82 Å². The molecule has 0 atom stereocenters. The first-order chi connectivity index (χ1) is 8.19. The Morgan fingerprint density at radius 2 is 2.06 bits per heavy atom. The number of benzene rings is 1. The van der Waals surface area contributed by atoms with E-state index in [9.17, 15) is 9.18 Å². The van der Waals surface area contributed by atoms with E-state index in [4.69, 9.17) is 11.6 Å². The highest BCUT2D eigenvalue weighted by molar-refractivity contribution is 6.30. The van der Waals surface area contributed by atoms with Crippen molar-refractivity contribution in [3.05, 3.63) is 53.6 Å². The number of halogens is 2. The molecule has 0 radical (unpaired) electrons. The molecular weight excluding hydrogens is 243 g/mol. The molecule has 2 aromatic rings. The monoisotopic (exact) mass is 252 g/mol. The topological polar surface area (TPSA) is 34.9 Å². The van der Waals surface area contributed by atoms with Gasteiger partial charge in [0.2, 0.25) is 0 Å². The lowest BCUT2D eigenvalue weighted by Crippen LogP contribution is -2.01. The standard InChI is InChI=1S/C12H10ClFN2O/c13-5-12(17)10-6-15-16(8-10)7-9-1-3-11(14)4-2-9/h1-4,6,8H,5,7H2. The molecule has 0 N–H and O–H groups in total. The fourth-order valence-electron chi connectivity index (χ4n) is 1.45. The number of carbonyl (C=O) groups excluding carboxylic acids is 1. The van der Waals surface area contributed by atoms with Crippen molar-refractivity contribution in [3.8, 4) is 0 Å². The number of aromatic nitrogens is 2. The quantitative estimate of drug-likeness (QED) is 0.619. The summed E-state index contributed by atoms with van der Waals surface area (Å²) in [4.78, 5) is 11.3. The molecule has 0 saturated carbocycles. The lowest BCUT2D eigenvalue weighted by Gasteiger charge is -2.01. The van der Waals surface area contributed by atoms with Crippen LogP contribution in [0.3, 0.4) is 0 Å². The second-order valence-electron chi connectivity index (χ2n) is 3.61. The number of ketones is 1. The number of nitrogens with zero attached hydrogens (tertiary/aromatic N) is 2. The zero-order chi connectivity index (χ0) is 12.3. The maximum Gasteiger partial charge on any atom is 0.180 e. The van der Waals surface area contributed by atoms with Gasteiger partial charge in [0.25, 0.3) is 0 Å². The minimum atomic E-state index is -0.271. The summed E-state index contributed by atoms with van der Waals surface area (Å²) in [5.41, 5.74) is 1.40. The van der Waals surface area contributed by atoms with Crippen molar-refractivity contribution < 1.29 is 9.18 Å². The van der Waals surface area contributed by atoms with E-state index in [1.807, 2.05) is 0 Å². The van der Waals surface area contributed by atoms with Gasteiger partial charge in [-0.05, 0) is 17.7 Å². The van der Waals surface area contributed by atoms with Crippen LogP contribution in [-0.2, 0) is 6.54 Å². The van der Waals surface area contributed by atoms with Crippen molar-refractivity contribution in [3.63, 3.8) is 0 Å². The zero-order valence-corrected chi connectivity index (χ0v) is 9.69. The molecule has 2 rings (SSSR count). The van der Waals surface area contributed by atoms with Gasteiger partial charge < -0.3 is 0 Å². The van der Waals surface area contributed by atoms with Gasteiger partial charge in [-0.3, -0.25) is 9.48 Å². The van der Waals surface area contributed by atoms with Gasteiger partial charge in [-0.2, -0.15) is 5.10 Å². The lowest BCUT2D eigenvalue weighted by molar-refractivity contribution is 0.102. The molecule has 0 unspecified atom stereocenters. The minimum Gasteiger partial charge on any atom is -0.293 e. The Bertz CT molecular complexity index is 522. The normalized spacial score (nSPS) is 10.5. The van der Waals surface area contributed by atoms with Crippen molar-refractivity contribution in [1.29, 1.82) is 0 Å². The van der Waals surface area contributed by atoms with Crippen LogP contribution < -0.4 is 0 Å². The second-order valence-corrected chi connectivity index (χ2v) is 3.88. The molecule has 17 heavy (non-hydrogen) atoms. The summed E-state index contributed by atoms with van der Waals surface area (Å²) in [5.74, 6) is -0.480. The predicted octanol–water partition coefficient (Wildman–Crippen LogP) is 2.49. The van der Waals surface area contributed by atoms with Crippen molar-refractivity contribution >= 4 is 17.4 Å². The third-order valence-corrected chi connectivity index (χ3v) is 2.58. The molecule has 1 aromatic heterocycles. The number of hydrogen-bond acceptors (Lipinski definition) is 2. The van der Waals surface area contributed by atoms with Crippen molar-refractivity contribution in [2.45, 2.75) is 6.54 Å². The van der Waals surface area contributed by atoms with Gasteiger partial charge in [-0.15, -0.1) is 11.6 Å². The summed E-state index contributed by atoms with van der Waals surface area (Å²) in [6, 6.07) is 6.15. The fraction of sp³-hybridized carbons (Fsp3) is 0.167. The van der Waals surface area contributed by atoms with Gasteiger partial charge in [-0.1, -0.05) is 12.1 Å². The molecular formula is C12H10ClFN2O. The maximum atomic E-state index is 12.7. The highest BCUT2D eigenvalue weighted by Crippen LogP contribution is 2.06. The number of rotatable bonds is 4. The summed E-state index contributed by atoms with van der Waals surface area (Å²) >= 11 is 5.45. The van der Waals surface area contributed by atoms with E-state index in [1.165, 1.54) is 18.3 Å². The van der Waals surface area contributed by atoms with Crippen LogP contribution in [-0.4, -0.2) is 21.4 Å². The van der Waals surface area contributed by atoms with E-state index in [1.54, 1.807) is 23.0 Å². The third kappa shape index (κ3) is 2.91. The van der Waals surface area contributed by atoms with Crippen LogP contribution in [0.25, 0.3) is 0 Å². The Kier molecular flexibility index (Phi) is 3.54. The van der Waals surface area contributed by atoms with Crippen molar-refractivity contribution in [2.75, 3.05) is 5.88 Å². The largest absolute Gasteiger partial charge is 0.293 e. The van der Waals surface area contributed by atoms with E-state index >= 15 is 0 Å². The molecule has 1 aromatic carbocycles. The molecule has 0 saturated heterocycles. The molecule has 0 bridgehead atoms. The van der Waals surface area contributed by atoms with Gasteiger partial charge in [-0.25, -0.2) is 4.39 Å². The number of Topliss-reactive ketones (excluding diaryl/α,β-unsaturated/α-hetero) is 1. The highest BCUT2D eigenvalue weighted by atomic mass is 35.5. The lowest BCUT2D eigenvalue weighted by atomic mass is 10.2. The van der Waals surface area contributed by atoms with Gasteiger partial charge in [0.05, 0.1) is 24.2 Å². The van der Waals surface area contributed by atoms with E-state index in [-0.39, 0.29) is 17.5 Å². The summed E-state index contributed by atoms with van der Waals surface area (Å²) in [6.07, 6.45) is 3.11. The van der Waals surface area contributed by atoms with E-state index in [0.717, 1.165) is 5.56 Å². The van der Waals surface area contributed by atoms with Crippen LogP contribution >= 0.6 is 11.6 Å². The number of alkyl halides is 1. The molecule has 3 nitrogen and oxygen atoms in total. The maximum absolute atomic E-state index is 12.7. The number of carbonyl (C=O) groups is 1. The van der Waals surface area contributed by atoms with Crippen LogP contribution in [0, 0.1) is 5.82 Å². The molecule has 0 amide bonds. The first kappa shape index (κ1) is 11.8. The molecule has 0 fully saturated rings. The minimum absolute atomic E-state index is 0.0533. The van der Waals surface area contributed by atoms with E-state index in [2.05, 4.69) is 5.10 Å². The summed E-state index contributed by atoms with van der Waals surface area (Å²) < 4.78 is 14.3. The van der Waals surface area contributed by atoms with E-state index in [0.29, 0.717) is 12.1 Å². The first-order valence-electron chi connectivity index (χ1n) is 5.05.